The molecule has 0 saturated heterocycles. The molecule has 3 rings (SSSR count). The number of hydrogen-bond acceptors (Lipinski definition) is 3. The number of para-hydroxylation sites is 1. The van der Waals surface area contributed by atoms with Crippen LogP contribution in [0.25, 0.3) is 11.6 Å². The summed E-state index contributed by atoms with van der Waals surface area (Å²) in [6.45, 7) is 0. The zero-order valence-corrected chi connectivity index (χ0v) is 9.12. The number of benzene rings is 1. The maximum atomic E-state index is 11.8. The number of rotatable bonds is 1. The van der Waals surface area contributed by atoms with Gasteiger partial charge in [0.2, 0.25) is 0 Å². The average Bonchev–Trinajstić information content (AvgIpc) is 2.89. The van der Waals surface area contributed by atoms with E-state index < -0.39 is 0 Å². The third kappa shape index (κ3) is 1.44. The smallest absolute Gasteiger partial charge is 0.256 e. The highest BCUT2D eigenvalue weighted by molar-refractivity contribution is 7.10. The highest BCUT2D eigenvalue weighted by Gasteiger charge is 2.23. The zero-order chi connectivity index (χ0) is 11.0. The molecule has 2 aromatic rings. The molecule has 2 heterocycles. The van der Waals surface area contributed by atoms with Crippen molar-refractivity contribution in [3.63, 3.8) is 0 Å². The van der Waals surface area contributed by atoms with Gasteiger partial charge in [0.1, 0.15) is 5.01 Å². The molecule has 78 valence electrons. The van der Waals surface area contributed by atoms with Crippen LogP contribution in [-0.2, 0) is 4.79 Å². The van der Waals surface area contributed by atoms with Crippen LogP contribution < -0.4 is 5.32 Å². The van der Waals surface area contributed by atoms with Gasteiger partial charge in [-0.2, -0.15) is 0 Å². The van der Waals surface area contributed by atoms with Gasteiger partial charge in [0.05, 0.1) is 5.57 Å². The fraction of sp³-hybridized carbons (Fsp3) is 0. The van der Waals surface area contributed by atoms with E-state index in [1.165, 1.54) is 11.3 Å². The molecule has 0 atom stereocenters. The van der Waals surface area contributed by atoms with Gasteiger partial charge in [-0.1, -0.05) is 18.2 Å². The molecule has 4 heteroatoms. The van der Waals surface area contributed by atoms with Crippen LogP contribution in [0.1, 0.15) is 10.6 Å². The maximum Gasteiger partial charge on any atom is 0.256 e. The maximum absolute atomic E-state index is 11.8. The van der Waals surface area contributed by atoms with Gasteiger partial charge in [0.15, 0.2) is 0 Å². The summed E-state index contributed by atoms with van der Waals surface area (Å²) < 4.78 is 0. The second-order valence-corrected chi connectivity index (χ2v) is 4.35. The fourth-order valence-corrected chi connectivity index (χ4v) is 2.28. The van der Waals surface area contributed by atoms with Crippen molar-refractivity contribution in [2.75, 3.05) is 5.32 Å². The Kier molecular flexibility index (Phi) is 2.08. The predicted molar refractivity (Wildman–Crippen MR) is 65.1 cm³/mol. The lowest BCUT2D eigenvalue weighted by molar-refractivity contribution is -0.110. The van der Waals surface area contributed by atoms with Gasteiger partial charge in [0, 0.05) is 22.8 Å². The molecule has 0 unspecified atom stereocenters. The zero-order valence-electron chi connectivity index (χ0n) is 8.31. The molecular weight excluding hydrogens is 220 g/mol. The molecule has 1 aliphatic heterocycles. The van der Waals surface area contributed by atoms with Crippen LogP contribution in [0.3, 0.4) is 0 Å². The lowest BCUT2D eigenvalue weighted by Gasteiger charge is -1.95. The van der Waals surface area contributed by atoms with Crippen molar-refractivity contribution in [1.29, 1.82) is 0 Å². The first-order valence-corrected chi connectivity index (χ1v) is 5.74. The minimum Gasteiger partial charge on any atom is -0.321 e. The molecule has 1 aromatic carbocycles. The largest absolute Gasteiger partial charge is 0.321 e. The Balaban J connectivity index is 2.12. The lowest BCUT2D eigenvalue weighted by atomic mass is 10.1. The first kappa shape index (κ1) is 9.30. The van der Waals surface area contributed by atoms with E-state index in [0.29, 0.717) is 5.57 Å². The number of carbonyl (C=O) groups excluding carboxylic acids is 1. The Labute approximate surface area is 96.5 Å². The molecule has 16 heavy (non-hydrogen) atoms. The highest BCUT2D eigenvalue weighted by atomic mass is 32.1. The number of nitrogens with zero attached hydrogens (tertiary/aromatic N) is 1. The summed E-state index contributed by atoms with van der Waals surface area (Å²) in [5.41, 5.74) is 2.50. The van der Waals surface area contributed by atoms with Crippen LogP contribution in [0.4, 0.5) is 5.69 Å². The normalized spacial score (nSPS) is 16.2. The number of carbonyl (C=O) groups is 1. The molecule has 0 fully saturated rings. The van der Waals surface area contributed by atoms with Gasteiger partial charge in [-0.15, -0.1) is 11.3 Å². The van der Waals surface area contributed by atoms with E-state index in [4.69, 9.17) is 0 Å². The summed E-state index contributed by atoms with van der Waals surface area (Å²) in [6.07, 6.45) is 3.56. The van der Waals surface area contributed by atoms with E-state index in [9.17, 15) is 4.79 Å². The Morgan fingerprint density at radius 1 is 1.31 bits per heavy atom. The number of hydrogen-bond donors (Lipinski definition) is 1. The lowest BCUT2D eigenvalue weighted by Crippen LogP contribution is -2.03. The van der Waals surface area contributed by atoms with Crippen molar-refractivity contribution in [2.45, 2.75) is 0 Å². The predicted octanol–water partition coefficient (Wildman–Crippen LogP) is 2.64. The average molecular weight is 228 g/mol. The van der Waals surface area contributed by atoms with Crippen molar-refractivity contribution in [1.82, 2.24) is 4.98 Å². The summed E-state index contributed by atoms with van der Waals surface area (Å²) in [5.74, 6) is -0.0589. The Morgan fingerprint density at radius 3 is 3.00 bits per heavy atom. The van der Waals surface area contributed by atoms with Gasteiger partial charge in [0.25, 0.3) is 5.91 Å². The third-order valence-corrected chi connectivity index (χ3v) is 3.15. The van der Waals surface area contributed by atoms with Crippen LogP contribution in [0.15, 0.2) is 35.8 Å². The molecule has 0 aliphatic carbocycles. The second-order valence-electron chi connectivity index (χ2n) is 3.43. The van der Waals surface area contributed by atoms with Crippen LogP contribution >= 0.6 is 11.3 Å². The standard InChI is InChI=1S/C12H8N2OS/c15-12-9(7-11-13-5-6-16-11)8-3-1-2-4-10(8)14-12/h1-7H,(H,14,15)/b9-7-. The van der Waals surface area contributed by atoms with Crippen LogP contribution in [0.5, 0.6) is 0 Å². The van der Waals surface area contributed by atoms with Crippen molar-refractivity contribution in [2.24, 2.45) is 0 Å². The van der Waals surface area contributed by atoms with E-state index in [1.807, 2.05) is 35.7 Å². The molecule has 3 nitrogen and oxygen atoms in total. The van der Waals surface area contributed by atoms with Gasteiger partial charge in [-0.05, 0) is 12.1 Å². The first-order valence-electron chi connectivity index (χ1n) is 4.86. The molecule has 0 saturated carbocycles. The quantitative estimate of drug-likeness (QED) is 0.762. The Bertz CT molecular complexity index is 572. The molecule has 1 N–H and O–H groups in total. The van der Waals surface area contributed by atoms with E-state index in [1.54, 1.807) is 6.20 Å². The van der Waals surface area contributed by atoms with E-state index in [2.05, 4.69) is 10.3 Å². The van der Waals surface area contributed by atoms with E-state index in [-0.39, 0.29) is 5.91 Å². The number of fused-ring (bicyclic) bond motifs is 1. The van der Waals surface area contributed by atoms with Crippen molar-refractivity contribution in [3.05, 3.63) is 46.4 Å². The van der Waals surface area contributed by atoms with Gasteiger partial charge >= 0.3 is 0 Å². The first-order chi connectivity index (χ1) is 7.84. The van der Waals surface area contributed by atoms with Crippen LogP contribution in [0.2, 0.25) is 0 Å². The minimum atomic E-state index is -0.0589. The number of nitrogens with one attached hydrogen (secondary N) is 1. The number of anilines is 1. The Morgan fingerprint density at radius 2 is 2.19 bits per heavy atom. The number of thiazole rings is 1. The molecule has 1 amide bonds. The Hall–Kier alpha value is -1.94. The SMILES string of the molecule is O=C1Nc2ccccc2/C1=C/c1nccs1. The highest BCUT2D eigenvalue weighted by Crippen LogP contribution is 2.32. The summed E-state index contributed by atoms with van der Waals surface area (Å²) in [4.78, 5) is 15.9. The fourth-order valence-electron chi connectivity index (χ4n) is 1.71. The summed E-state index contributed by atoms with van der Waals surface area (Å²) in [6, 6.07) is 7.67. The molecule has 0 bridgehead atoms. The molecule has 1 aliphatic rings. The van der Waals surface area contributed by atoms with Crippen molar-refractivity contribution < 1.29 is 4.79 Å². The van der Waals surface area contributed by atoms with Crippen molar-refractivity contribution >= 4 is 34.6 Å². The summed E-state index contributed by atoms with van der Waals surface area (Å²) in [5, 5.41) is 5.57. The molecular formula is C12H8N2OS. The minimum absolute atomic E-state index is 0.0589. The molecule has 1 aromatic heterocycles. The topological polar surface area (TPSA) is 42.0 Å². The second kappa shape index (κ2) is 3.57. The van der Waals surface area contributed by atoms with E-state index in [0.717, 1.165) is 16.3 Å². The number of amides is 1. The van der Waals surface area contributed by atoms with Gasteiger partial charge in [-0.3, -0.25) is 4.79 Å². The summed E-state index contributed by atoms with van der Waals surface area (Å²) in [7, 11) is 0. The van der Waals surface area contributed by atoms with Crippen molar-refractivity contribution in [3.8, 4) is 0 Å². The van der Waals surface area contributed by atoms with Gasteiger partial charge < -0.3 is 5.32 Å². The molecule has 0 radical (unpaired) electrons. The number of aromatic nitrogens is 1. The molecule has 0 spiro atoms. The van der Waals surface area contributed by atoms with E-state index >= 15 is 0 Å². The van der Waals surface area contributed by atoms with Gasteiger partial charge in [-0.25, -0.2) is 4.98 Å². The third-order valence-electron chi connectivity index (χ3n) is 2.43. The summed E-state index contributed by atoms with van der Waals surface area (Å²) >= 11 is 1.52. The van der Waals surface area contributed by atoms with Crippen LogP contribution in [0, 0.1) is 0 Å². The monoisotopic (exact) mass is 228 g/mol. The van der Waals surface area contributed by atoms with Crippen LogP contribution in [-0.4, -0.2) is 10.9 Å².